The van der Waals surface area contributed by atoms with E-state index in [1.165, 1.54) is 16.7 Å². The van der Waals surface area contributed by atoms with Crippen LogP contribution in [0.25, 0.3) is 11.5 Å². The molecule has 0 bridgehead atoms. The minimum Gasteiger partial charge on any atom is -0.350 e. The molecule has 0 unspecified atom stereocenters. The SMILES string of the molecule is Cn1c(-c2ccccn2)nn(CC(=O)NCc2ccc(F)cc2)c1=O. The summed E-state index contributed by atoms with van der Waals surface area (Å²) in [5, 5.41) is 6.86. The van der Waals surface area contributed by atoms with Crippen LogP contribution in [0.1, 0.15) is 5.56 Å². The molecule has 2 heterocycles. The van der Waals surface area contributed by atoms with Crippen molar-refractivity contribution in [3.8, 4) is 11.5 Å². The van der Waals surface area contributed by atoms with Gasteiger partial charge in [0.2, 0.25) is 5.91 Å². The Morgan fingerprint density at radius 3 is 2.64 bits per heavy atom. The third kappa shape index (κ3) is 3.79. The van der Waals surface area contributed by atoms with Crippen molar-refractivity contribution in [1.29, 1.82) is 0 Å². The Morgan fingerprint density at radius 1 is 1.20 bits per heavy atom. The Labute approximate surface area is 142 Å². The molecule has 25 heavy (non-hydrogen) atoms. The average molecular weight is 341 g/mol. The van der Waals surface area contributed by atoms with E-state index in [9.17, 15) is 14.0 Å². The fourth-order valence-electron chi connectivity index (χ4n) is 2.30. The summed E-state index contributed by atoms with van der Waals surface area (Å²) >= 11 is 0. The second-order valence-corrected chi connectivity index (χ2v) is 5.44. The molecule has 8 heteroatoms. The Bertz CT molecular complexity index is 932. The molecule has 0 spiro atoms. The van der Waals surface area contributed by atoms with Gasteiger partial charge in [-0.3, -0.25) is 14.3 Å². The lowest BCUT2D eigenvalue weighted by molar-refractivity contribution is -0.122. The maximum Gasteiger partial charge on any atom is 0.346 e. The summed E-state index contributed by atoms with van der Waals surface area (Å²) in [6, 6.07) is 11.1. The number of hydrogen-bond donors (Lipinski definition) is 1. The fraction of sp³-hybridized carbons (Fsp3) is 0.176. The van der Waals surface area contributed by atoms with E-state index < -0.39 is 5.69 Å². The van der Waals surface area contributed by atoms with Crippen LogP contribution >= 0.6 is 0 Å². The molecule has 1 aromatic carbocycles. The topological polar surface area (TPSA) is 81.8 Å². The monoisotopic (exact) mass is 341 g/mol. The maximum absolute atomic E-state index is 12.9. The molecule has 7 nitrogen and oxygen atoms in total. The highest BCUT2D eigenvalue weighted by molar-refractivity contribution is 5.75. The number of halogens is 1. The predicted molar refractivity (Wildman–Crippen MR) is 88.9 cm³/mol. The van der Waals surface area contributed by atoms with Crippen molar-refractivity contribution < 1.29 is 9.18 Å². The smallest absolute Gasteiger partial charge is 0.346 e. The van der Waals surface area contributed by atoms with E-state index in [1.54, 1.807) is 43.6 Å². The van der Waals surface area contributed by atoms with Crippen LogP contribution in [0.15, 0.2) is 53.5 Å². The lowest BCUT2D eigenvalue weighted by atomic mass is 10.2. The zero-order chi connectivity index (χ0) is 17.8. The van der Waals surface area contributed by atoms with Gasteiger partial charge in [0.05, 0.1) is 0 Å². The van der Waals surface area contributed by atoms with Crippen molar-refractivity contribution in [3.05, 3.63) is 70.5 Å². The maximum atomic E-state index is 12.9. The minimum absolute atomic E-state index is 0.208. The normalized spacial score (nSPS) is 10.6. The van der Waals surface area contributed by atoms with Crippen LogP contribution < -0.4 is 11.0 Å². The number of carbonyl (C=O) groups excluding carboxylic acids is 1. The zero-order valence-electron chi connectivity index (χ0n) is 13.5. The zero-order valence-corrected chi connectivity index (χ0v) is 13.5. The molecule has 0 aliphatic rings. The standard InChI is InChI=1S/C17H16FN5O2/c1-22-16(14-4-2-3-9-19-14)21-23(17(22)25)11-15(24)20-10-12-5-7-13(18)8-6-12/h2-9H,10-11H2,1H3,(H,20,24). The summed E-state index contributed by atoms with van der Waals surface area (Å²) in [6.07, 6.45) is 1.61. The lowest BCUT2D eigenvalue weighted by Gasteiger charge is -2.05. The van der Waals surface area contributed by atoms with Crippen molar-refractivity contribution in [3.63, 3.8) is 0 Å². The largest absolute Gasteiger partial charge is 0.350 e. The van der Waals surface area contributed by atoms with Crippen molar-refractivity contribution in [1.82, 2.24) is 24.6 Å². The molecule has 1 amide bonds. The summed E-state index contributed by atoms with van der Waals surface area (Å²) in [5.74, 6) is -0.314. The van der Waals surface area contributed by atoms with Crippen LogP contribution in [0, 0.1) is 5.82 Å². The van der Waals surface area contributed by atoms with Crippen molar-refractivity contribution >= 4 is 5.91 Å². The number of carbonyl (C=O) groups is 1. The minimum atomic E-state index is -0.405. The third-order valence-corrected chi connectivity index (χ3v) is 3.63. The van der Waals surface area contributed by atoms with Gasteiger partial charge in [-0.1, -0.05) is 18.2 Å². The fourth-order valence-corrected chi connectivity index (χ4v) is 2.30. The van der Waals surface area contributed by atoms with E-state index in [2.05, 4.69) is 15.4 Å². The van der Waals surface area contributed by atoms with Gasteiger partial charge in [-0.25, -0.2) is 13.9 Å². The van der Waals surface area contributed by atoms with Gasteiger partial charge < -0.3 is 5.32 Å². The van der Waals surface area contributed by atoms with Gasteiger partial charge in [0, 0.05) is 19.8 Å². The number of amides is 1. The number of hydrogen-bond acceptors (Lipinski definition) is 4. The number of pyridine rings is 1. The molecular formula is C17H16FN5O2. The van der Waals surface area contributed by atoms with E-state index in [0.717, 1.165) is 10.2 Å². The van der Waals surface area contributed by atoms with Gasteiger partial charge in [0.25, 0.3) is 0 Å². The molecule has 0 saturated carbocycles. The lowest BCUT2D eigenvalue weighted by Crippen LogP contribution is -2.33. The summed E-state index contributed by atoms with van der Waals surface area (Å²) in [4.78, 5) is 28.4. The molecule has 0 radical (unpaired) electrons. The Balaban J connectivity index is 1.69. The number of benzene rings is 1. The first-order valence-electron chi connectivity index (χ1n) is 7.61. The summed E-state index contributed by atoms with van der Waals surface area (Å²) in [7, 11) is 1.58. The van der Waals surface area contributed by atoms with Crippen LogP contribution in [0.5, 0.6) is 0 Å². The molecule has 3 aromatic rings. The quantitative estimate of drug-likeness (QED) is 0.753. The Morgan fingerprint density at radius 2 is 1.96 bits per heavy atom. The molecule has 0 fully saturated rings. The highest BCUT2D eigenvalue weighted by Crippen LogP contribution is 2.10. The van der Waals surface area contributed by atoms with Gasteiger partial charge >= 0.3 is 5.69 Å². The van der Waals surface area contributed by atoms with Crippen molar-refractivity contribution in [2.24, 2.45) is 7.05 Å². The van der Waals surface area contributed by atoms with E-state index in [0.29, 0.717) is 11.5 Å². The van der Waals surface area contributed by atoms with Crippen LogP contribution in [-0.2, 0) is 24.9 Å². The molecule has 128 valence electrons. The van der Waals surface area contributed by atoms with Gasteiger partial charge in [-0.05, 0) is 29.8 Å². The Kier molecular flexibility index (Phi) is 4.69. The van der Waals surface area contributed by atoms with Gasteiger partial charge in [0.15, 0.2) is 5.82 Å². The molecule has 3 rings (SSSR count). The first-order valence-corrected chi connectivity index (χ1v) is 7.61. The average Bonchev–Trinajstić information content (AvgIpc) is 2.90. The van der Waals surface area contributed by atoms with Crippen molar-refractivity contribution in [2.75, 3.05) is 0 Å². The van der Waals surface area contributed by atoms with E-state index >= 15 is 0 Å². The number of nitrogens with one attached hydrogen (secondary N) is 1. The second kappa shape index (κ2) is 7.08. The molecule has 0 aliphatic carbocycles. The Hall–Kier alpha value is -3.29. The number of nitrogens with zero attached hydrogens (tertiary/aromatic N) is 4. The van der Waals surface area contributed by atoms with Crippen LogP contribution in [0.3, 0.4) is 0 Å². The van der Waals surface area contributed by atoms with Crippen LogP contribution in [-0.4, -0.2) is 25.2 Å². The van der Waals surface area contributed by atoms with E-state index in [4.69, 9.17) is 0 Å². The summed E-state index contributed by atoms with van der Waals surface area (Å²) in [5.41, 5.74) is 0.905. The molecule has 0 atom stereocenters. The van der Waals surface area contributed by atoms with E-state index in [1.807, 2.05) is 0 Å². The summed E-state index contributed by atoms with van der Waals surface area (Å²) < 4.78 is 15.3. The third-order valence-electron chi connectivity index (χ3n) is 3.63. The van der Waals surface area contributed by atoms with Crippen molar-refractivity contribution in [2.45, 2.75) is 13.1 Å². The molecule has 1 N–H and O–H groups in total. The molecular weight excluding hydrogens is 325 g/mol. The van der Waals surface area contributed by atoms with Crippen LogP contribution in [0.2, 0.25) is 0 Å². The first-order chi connectivity index (χ1) is 12.0. The molecule has 0 saturated heterocycles. The van der Waals surface area contributed by atoms with Gasteiger partial charge in [0.1, 0.15) is 18.1 Å². The van der Waals surface area contributed by atoms with Gasteiger partial charge in [-0.2, -0.15) is 0 Å². The molecule has 0 aliphatic heterocycles. The predicted octanol–water partition coefficient (Wildman–Crippen LogP) is 1.10. The summed E-state index contributed by atoms with van der Waals surface area (Å²) in [6.45, 7) is 0.0362. The van der Waals surface area contributed by atoms with Crippen LogP contribution in [0.4, 0.5) is 4.39 Å². The molecule has 2 aromatic heterocycles. The highest BCUT2D eigenvalue weighted by Gasteiger charge is 2.15. The van der Waals surface area contributed by atoms with E-state index in [-0.39, 0.29) is 24.8 Å². The number of aromatic nitrogens is 4. The highest BCUT2D eigenvalue weighted by atomic mass is 19.1. The first kappa shape index (κ1) is 16.6. The van der Waals surface area contributed by atoms with Gasteiger partial charge in [-0.15, -0.1) is 5.10 Å². The number of rotatable bonds is 5. The second-order valence-electron chi connectivity index (χ2n) is 5.44.